The number of allylic oxidation sites excluding steroid dienone is 1. The fraction of sp³-hybridized carbons (Fsp3) is 0.120. The van der Waals surface area contributed by atoms with E-state index in [0.29, 0.717) is 28.7 Å². The molecule has 1 unspecified atom stereocenters. The van der Waals surface area contributed by atoms with Gasteiger partial charge in [-0.1, -0.05) is 24.3 Å². The number of benzene rings is 3. The molecule has 3 aromatic carbocycles. The minimum atomic E-state index is -0.475. The summed E-state index contributed by atoms with van der Waals surface area (Å²) < 4.78 is 20.9. The summed E-state index contributed by atoms with van der Waals surface area (Å²) in [6.45, 7) is 1.85. The molecule has 1 aliphatic heterocycles. The van der Waals surface area contributed by atoms with Crippen molar-refractivity contribution in [2.45, 2.75) is 13.0 Å². The lowest BCUT2D eigenvalue weighted by atomic mass is 9.94. The normalized spacial score (nSPS) is 15.3. The summed E-state index contributed by atoms with van der Waals surface area (Å²) in [6.07, 6.45) is 0. The zero-order valence-electron chi connectivity index (χ0n) is 17.6. The van der Waals surface area contributed by atoms with Crippen LogP contribution in [-0.2, 0) is 4.79 Å². The average Bonchev–Trinajstić information content (AvgIpc) is 3.17. The number of methoxy groups -OCH3 is 1. The summed E-state index contributed by atoms with van der Waals surface area (Å²) >= 11 is 0. The van der Waals surface area contributed by atoms with E-state index in [2.05, 4.69) is 10.6 Å². The molecule has 6 nitrogen and oxygen atoms in total. The fourth-order valence-corrected chi connectivity index (χ4v) is 4.09. The van der Waals surface area contributed by atoms with Crippen molar-refractivity contribution in [3.63, 3.8) is 0 Å². The van der Waals surface area contributed by atoms with Crippen molar-refractivity contribution in [1.82, 2.24) is 9.55 Å². The van der Waals surface area contributed by atoms with E-state index in [4.69, 9.17) is 9.72 Å². The molecule has 2 heterocycles. The van der Waals surface area contributed by atoms with Crippen LogP contribution in [0, 0.1) is 5.82 Å². The third kappa shape index (κ3) is 3.37. The number of anilines is 2. The second-order valence-corrected chi connectivity index (χ2v) is 7.59. The summed E-state index contributed by atoms with van der Waals surface area (Å²) in [6, 6.07) is 20.6. The van der Waals surface area contributed by atoms with Gasteiger partial charge in [0.25, 0.3) is 5.91 Å². The standard InChI is InChI=1S/C25H21FN4O2/c1-15-22(24(31)28-18-11-13-19(32-2)14-12-18)23(16-7-9-17(26)10-8-16)30-21-6-4-3-5-20(21)29-25(30)27-15/h3-14,23H,1-2H3,(H,27,29)(H,28,31). The number of amides is 1. The molecule has 0 fully saturated rings. The zero-order valence-corrected chi connectivity index (χ0v) is 17.6. The Morgan fingerprint density at radius 3 is 2.50 bits per heavy atom. The number of para-hydroxylation sites is 2. The van der Waals surface area contributed by atoms with Gasteiger partial charge in [0.1, 0.15) is 11.6 Å². The van der Waals surface area contributed by atoms with Crippen LogP contribution in [0.5, 0.6) is 5.75 Å². The average molecular weight is 428 g/mol. The minimum Gasteiger partial charge on any atom is -0.497 e. The highest BCUT2D eigenvalue weighted by atomic mass is 19.1. The summed E-state index contributed by atoms with van der Waals surface area (Å²) in [5, 5.41) is 6.25. The Balaban J connectivity index is 1.62. The number of hydrogen-bond acceptors (Lipinski definition) is 4. The van der Waals surface area contributed by atoms with E-state index >= 15 is 0 Å². The molecular weight excluding hydrogens is 407 g/mol. The molecule has 0 bridgehead atoms. The van der Waals surface area contributed by atoms with Crippen molar-refractivity contribution in [2.75, 3.05) is 17.7 Å². The first-order chi connectivity index (χ1) is 15.5. The van der Waals surface area contributed by atoms with E-state index in [1.54, 1.807) is 43.5 Å². The Labute approximate surface area is 184 Å². The molecule has 160 valence electrons. The monoisotopic (exact) mass is 428 g/mol. The second kappa shape index (κ2) is 7.85. The van der Waals surface area contributed by atoms with Crippen LogP contribution in [0.15, 0.2) is 84.1 Å². The van der Waals surface area contributed by atoms with E-state index in [-0.39, 0.29) is 11.7 Å². The van der Waals surface area contributed by atoms with Crippen molar-refractivity contribution in [2.24, 2.45) is 0 Å². The van der Waals surface area contributed by atoms with Crippen molar-refractivity contribution < 1.29 is 13.9 Å². The number of carbonyl (C=O) groups excluding carboxylic acids is 1. The molecule has 0 saturated carbocycles. The van der Waals surface area contributed by atoms with Gasteiger partial charge in [0.05, 0.1) is 29.8 Å². The largest absolute Gasteiger partial charge is 0.497 e. The number of nitrogens with zero attached hydrogens (tertiary/aromatic N) is 2. The Morgan fingerprint density at radius 2 is 1.78 bits per heavy atom. The summed E-state index contributed by atoms with van der Waals surface area (Å²) in [5.74, 6) is 0.761. The molecule has 32 heavy (non-hydrogen) atoms. The van der Waals surface area contributed by atoms with Crippen LogP contribution in [0.25, 0.3) is 11.0 Å². The molecule has 5 rings (SSSR count). The quantitative estimate of drug-likeness (QED) is 0.474. The first kappa shape index (κ1) is 19.8. The van der Waals surface area contributed by atoms with Crippen LogP contribution >= 0.6 is 0 Å². The lowest BCUT2D eigenvalue weighted by molar-refractivity contribution is -0.113. The fourth-order valence-electron chi connectivity index (χ4n) is 4.09. The molecule has 1 aliphatic rings. The molecule has 0 aliphatic carbocycles. The van der Waals surface area contributed by atoms with E-state index < -0.39 is 6.04 Å². The van der Waals surface area contributed by atoms with Crippen molar-refractivity contribution >= 4 is 28.6 Å². The topological polar surface area (TPSA) is 68.2 Å². The first-order valence-corrected chi connectivity index (χ1v) is 10.2. The van der Waals surface area contributed by atoms with Gasteiger partial charge >= 0.3 is 0 Å². The predicted molar refractivity (Wildman–Crippen MR) is 122 cm³/mol. The van der Waals surface area contributed by atoms with E-state index in [1.807, 2.05) is 35.8 Å². The maximum Gasteiger partial charge on any atom is 0.255 e. The number of fused-ring (bicyclic) bond motifs is 3. The Hall–Kier alpha value is -4.13. The predicted octanol–water partition coefficient (Wildman–Crippen LogP) is 5.11. The van der Waals surface area contributed by atoms with Crippen LogP contribution in [-0.4, -0.2) is 22.6 Å². The van der Waals surface area contributed by atoms with Crippen LogP contribution in [0.3, 0.4) is 0 Å². The molecule has 0 saturated heterocycles. The second-order valence-electron chi connectivity index (χ2n) is 7.59. The van der Waals surface area contributed by atoms with Crippen LogP contribution < -0.4 is 15.4 Å². The lowest BCUT2D eigenvalue weighted by Crippen LogP contribution is -2.30. The number of rotatable bonds is 4. The number of ether oxygens (including phenoxy) is 1. The van der Waals surface area contributed by atoms with Gasteiger partial charge in [-0.2, -0.15) is 0 Å². The molecule has 1 amide bonds. The van der Waals surface area contributed by atoms with Crippen LogP contribution in [0.1, 0.15) is 18.5 Å². The van der Waals surface area contributed by atoms with Gasteiger partial charge in [0, 0.05) is 11.4 Å². The van der Waals surface area contributed by atoms with E-state index in [1.165, 1.54) is 12.1 Å². The minimum absolute atomic E-state index is 0.252. The van der Waals surface area contributed by atoms with Crippen LogP contribution in [0.2, 0.25) is 0 Å². The van der Waals surface area contributed by atoms with Gasteiger partial charge in [0.15, 0.2) is 0 Å². The summed E-state index contributed by atoms with van der Waals surface area (Å²) in [7, 11) is 1.59. The number of hydrogen-bond donors (Lipinski definition) is 2. The number of carbonyl (C=O) groups is 1. The van der Waals surface area contributed by atoms with Gasteiger partial charge < -0.3 is 15.4 Å². The summed E-state index contributed by atoms with van der Waals surface area (Å²) in [5.41, 5.74) is 4.35. The van der Waals surface area contributed by atoms with Crippen molar-refractivity contribution in [1.29, 1.82) is 0 Å². The first-order valence-electron chi connectivity index (χ1n) is 10.2. The SMILES string of the molecule is COc1ccc(NC(=O)C2=C(C)Nc3nc4ccccc4n3C2c2ccc(F)cc2)cc1. The van der Waals surface area contributed by atoms with Gasteiger partial charge in [-0.05, 0) is 61.0 Å². The Bertz CT molecular complexity index is 1340. The van der Waals surface area contributed by atoms with Gasteiger partial charge in [-0.25, -0.2) is 9.37 Å². The third-order valence-corrected chi connectivity index (χ3v) is 5.61. The van der Waals surface area contributed by atoms with Gasteiger partial charge in [-0.3, -0.25) is 9.36 Å². The molecule has 1 atom stereocenters. The number of aromatic nitrogens is 2. The smallest absolute Gasteiger partial charge is 0.255 e. The third-order valence-electron chi connectivity index (χ3n) is 5.61. The van der Waals surface area contributed by atoms with Gasteiger partial charge in [0.2, 0.25) is 5.95 Å². The molecule has 7 heteroatoms. The molecule has 2 N–H and O–H groups in total. The number of nitrogens with one attached hydrogen (secondary N) is 2. The molecule has 0 radical (unpaired) electrons. The Kier molecular flexibility index (Phi) is 4.86. The van der Waals surface area contributed by atoms with Gasteiger partial charge in [-0.15, -0.1) is 0 Å². The van der Waals surface area contributed by atoms with Crippen LogP contribution in [0.4, 0.5) is 16.0 Å². The Morgan fingerprint density at radius 1 is 1.06 bits per heavy atom. The highest BCUT2D eigenvalue weighted by Gasteiger charge is 2.34. The van der Waals surface area contributed by atoms with E-state index in [9.17, 15) is 9.18 Å². The molecular formula is C25H21FN4O2. The maximum atomic E-state index is 13.7. The molecule has 0 spiro atoms. The van der Waals surface area contributed by atoms with Crippen molar-refractivity contribution in [3.05, 3.63) is 95.4 Å². The highest BCUT2D eigenvalue weighted by molar-refractivity contribution is 6.06. The molecule has 1 aromatic heterocycles. The zero-order chi connectivity index (χ0) is 22.2. The summed E-state index contributed by atoms with van der Waals surface area (Å²) in [4.78, 5) is 18.2. The number of halogens is 1. The van der Waals surface area contributed by atoms with Crippen molar-refractivity contribution in [3.8, 4) is 5.75 Å². The number of imidazole rings is 1. The highest BCUT2D eigenvalue weighted by Crippen LogP contribution is 2.39. The van der Waals surface area contributed by atoms with E-state index in [0.717, 1.165) is 16.6 Å². The maximum absolute atomic E-state index is 13.7. The molecule has 4 aromatic rings. The lowest BCUT2D eigenvalue weighted by Gasteiger charge is -2.30.